The van der Waals surface area contributed by atoms with Crippen molar-refractivity contribution >= 4 is 38.4 Å². The zero-order valence-corrected chi connectivity index (χ0v) is 16.9. The quantitative estimate of drug-likeness (QED) is 0.563. The zero-order chi connectivity index (χ0) is 19.0. The lowest BCUT2D eigenvalue weighted by atomic mass is 10.1. The van der Waals surface area contributed by atoms with Gasteiger partial charge in [0.05, 0.1) is 19.9 Å². The fraction of sp³-hybridized carbons (Fsp3) is 0.158. The molecule has 138 valence electrons. The number of anilines is 1. The average Bonchev–Trinajstić information content (AvgIpc) is 3.27. The Morgan fingerprint density at radius 3 is 2.63 bits per heavy atom. The van der Waals surface area contributed by atoms with Crippen molar-refractivity contribution in [3.63, 3.8) is 0 Å². The second-order valence-corrected chi connectivity index (χ2v) is 7.51. The molecule has 0 saturated carbocycles. The Morgan fingerprint density at radius 1 is 1.15 bits per heavy atom. The summed E-state index contributed by atoms with van der Waals surface area (Å²) in [6.45, 7) is 0. The second kappa shape index (κ2) is 7.21. The summed E-state index contributed by atoms with van der Waals surface area (Å²) in [5, 5.41) is 5.79. The fourth-order valence-corrected chi connectivity index (χ4v) is 3.92. The number of nitrogens with one attached hydrogen (secondary N) is 1. The number of nitrogens with zero attached hydrogens (tertiary/aromatic N) is 1. The Balaban J connectivity index is 1.61. The minimum atomic E-state index is -0.628. The minimum absolute atomic E-state index is 0.374. The smallest absolute Gasteiger partial charge is 0.344 e. The van der Waals surface area contributed by atoms with E-state index in [1.807, 2.05) is 29.6 Å². The number of hydrogen-bond acceptors (Lipinski definition) is 7. The zero-order valence-electron chi connectivity index (χ0n) is 14.5. The van der Waals surface area contributed by atoms with Gasteiger partial charge in [0.1, 0.15) is 5.56 Å². The summed E-state index contributed by atoms with van der Waals surface area (Å²) in [7, 11) is 3.02. The highest BCUT2D eigenvalue weighted by Gasteiger charge is 2.36. The predicted octanol–water partition coefficient (Wildman–Crippen LogP) is 4.87. The van der Waals surface area contributed by atoms with E-state index >= 15 is 0 Å². The van der Waals surface area contributed by atoms with Crippen molar-refractivity contribution in [3.8, 4) is 22.8 Å². The Bertz CT molecular complexity index is 1000. The van der Waals surface area contributed by atoms with Gasteiger partial charge in [-0.05, 0) is 24.3 Å². The van der Waals surface area contributed by atoms with Crippen LogP contribution in [0.3, 0.4) is 0 Å². The van der Waals surface area contributed by atoms with Crippen molar-refractivity contribution in [1.82, 2.24) is 4.98 Å². The first kappa shape index (κ1) is 17.8. The molecule has 1 aliphatic heterocycles. The Morgan fingerprint density at radius 2 is 1.93 bits per heavy atom. The molecule has 0 unspecified atom stereocenters. The highest BCUT2D eigenvalue weighted by atomic mass is 79.9. The molecule has 0 aliphatic carbocycles. The van der Waals surface area contributed by atoms with Gasteiger partial charge >= 0.3 is 5.97 Å². The molecule has 27 heavy (non-hydrogen) atoms. The van der Waals surface area contributed by atoms with Crippen molar-refractivity contribution in [2.45, 2.75) is 6.23 Å². The average molecular weight is 447 g/mol. The molecule has 1 aromatic heterocycles. The number of rotatable bonds is 5. The third-order valence-corrected chi connectivity index (χ3v) is 5.49. The number of hydrogen-bond donors (Lipinski definition) is 1. The number of fused-ring (bicyclic) bond motifs is 1. The topological polar surface area (TPSA) is 69.7 Å². The van der Waals surface area contributed by atoms with Crippen LogP contribution in [0.5, 0.6) is 11.5 Å². The lowest BCUT2D eigenvalue weighted by Gasteiger charge is -2.13. The molecule has 4 rings (SSSR count). The summed E-state index contributed by atoms with van der Waals surface area (Å²) < 4.78 is 17.1. The molecule has 3 aromatic rings. The Hall–Kier alpha value is -2.58. The van der Waals surface area contributed by atoms with Crippen molar-refractivity contribution in [2.75, 3.05) is 19.5 Å². The van der Waals surface area contributed by atoms with E-state index in [2.05, 4.69) is 26.2 Å². The molecule has 0 spiro atoms. The van der Waals surface area contributed by atoms with Crippen LogP contribution in [0.2, 0.25) is 0 Å². The molecule has 0 saturated heterocycles. The van der Waals surface area contributed by atoms with Gasteiger partial charge in [-0.25, -0.2) is 9.78 Å². The van der Waals surface area contributed by atoms with Crippen LogP contribution < -0.4 is 14.8 Å². The molecule has 0 amide bonds. The standard InChI is InChI=1S/C19H15BrN2O4S/c1-24-14-8-7-12-15(16(14)25-2)18(23)26-17(12)22-19-21-13(9-27-19)10-3-5-11(20)6-4-10/h3-9,17H,1-2H3,(H,21,22)/t17-/m0/s1. The first-order valence-corrected chi connectivity index (χ1v) is 9.72. The summed E-state index contributed by atoms with van der Waals surface area (Å²) in [6, 6.07) is 11.5. The highest BCUT2D eigenvalue weighted by molar-refractivity contribution is 9.10. The molecule has 1 atom stereocenters. The van der Waals surface area contributed by atoms with Gasteiger partial charge in [0, 0.05) is 21.0 Å². The molecule has 1 aliphatic rings. The molecule has 0 bridgehead atoms. The number of carbonyl (C=O) groups is 1. The van der Waals surface area contributed by atoms with Crippen molar-refractivity contribution in [1.29, 1.82) is 0 Å². The summed E-state index contributed by atoms with van der Waals surface area (Å²) in [5.41, 5.74) is 2.93. The van der Waals surface area contributed by atoms with Crippen LogP contribution in [0.25, 0.3) is 11.3 Å². The fourth-order valence-electron chi connectivity index (χ4n) is 2.91. The van der Waals surface area contributed by atoms with E-state index in [-0.39, 0.29) is 0 Å². The van der Waals surface area contributed by atoms with Crippen LogP contribution in [0.1, 0.15) is 22.1 Å². The van der Waals surface area contributed by atoms with E-state index in [1.54, 1.807) is 12.1 Å². The van der Waals surface area contributed by atoms with Crippen LogP contribution >= 0.6 is 27.3 Å². The molecule has 2 aromatic carbocycles. The number of cyclic esters (lactones) is 1. The van der Waals surface area contributed by atoms with Crippen molar-refractivity contribution in [3.05, 3.63) is 57.4 Å². The second-order valence-electron chi connectivity index (χ2n) is 5.74. The summed E-state index contributed by atoms with van der Waals surface area (Å²) in [4.78, 5) is 16.9. The molecular formula is C19H15BrN2O4S. The van der Waals surface area contributed by atoms with Crippen molar-refractivity contribution < 1.29 is 19.0 Å². The van der Waals surface area contributed by atoms with E-state index in [4.69, 9.17) is 14.2 Å². The lowest BCUT2D eigenvalue weighted by Crippen LogP contribution is -2.10. The SMILES string of the molecule is COc1ccc2c(c1OC)C(=O)O[C@@H]2Nc1nc(-c2ccc(Br)cc2)cs1. The Labute approximate surface area is 168 Å². The summed E-state index contributed by atoms with van der Waals surface area (Å²) >= 11 is 4.87. The van der Waals surface area contributed by atoms with Crippen LogP contribution in [-0.4, -0.2) is 25.2 Å². The van der Waals surface area contributed by atoms with E-state index in [0.29, 0.717) is 27.8 Å². The molecule has 1 N–H and O–H groups in total. The number of thiazole rings is 1. The molecule has 0 radical (unpaired) electrons. The molecule has 0 fully saturated rings. The number of methoxy groups -OCH3 is 2. The van der Waals surface area contributed by atoms with E-state index < -0.39 is 12.2 Å². The number of halogens is 1. The van der Waals surface area contributed by atoms with Crippen LogP contribution in [0.15, 0.2) is 46.3 Å². The number of carbonyl (C=O) groups excluding carboxylic acids is 1. The van der Waals surface area contributed by atoms with Gasteiger partial charge in [-0.1, -0.05) is 28.1 Å². The molecule has 8 heteroatoms. The van der Waals surface area contributed by atoms with Crippen LogP contribution in [-0.2, 0) is 4.74 Å². The maximum Gasteiger partial charge on any atom is 0.344 e. The van der Waals surface area contributed by atoms with Gasteiger partial charge in [0.25, 0.3) is 0 Å². The number of aromatic nitrogens is 1. The minimum Gasteiger partial charge on any atom is -0.493 e. The van der Waals surface area contributed by atoms with Gasteiger partial charge in [-0.15, -0.1) is 11.3 Å². The number of ether oxygens (including phenoxy) is 3. The number of benzene rings is 2. The third kappa shape index (κ3) is 3.26. The van der Waals surface area contributed by atoms with E-state index in [1.165, 1.54) is 25.6 Å². The van der Waals surface area contributed by atoms with Gasteiger partial charge in [0.2, 0.25) is 6.23 Å². The molecular weight excluding hydrogens is 432 g/mol. The third-order valence-electron chi connectivity index (χ3n) is 4.19. The van der Waals surface area contributed by atoms with Gasteiger partial charge in [-0.2, -0.15) is 0 Å². The van der Waals surface area contributed by atoms with Gasteiger partial charge in [0.15, 0.2) is 16.6 Å². The first-order valence-electron chi connectivity index (χ1n) is 8.04. The largest absolute Gasteiger partial charge is 0.493 e. The van der Waals surface area contributed by atoms with E-state index in [9.17, 15) is 4.79 Å². The monoisotopic (exact) mass is 446 g/mol. The van der Waals surface area contributed by atoms with Gasteiger partial charge in [-0.3, -0.25) is 0 Å². The van der Waals surface area contributed by atoms with Gasteiger partial charge < -0.3 is 19.5 Å². The maximum absolute atomic E-state index is 12.4. The Kier molecular flexibility index (Phi) is 4.75. The normalized spacial score (nSPS) is 15.2. The first-order chi connectivity index (χ1) is 13.1. The lowest BCUT2D eigenvalue weighted by molar-refractivity contribution is 0.0435. The molecule has 6 nitrogen and oxygen atoms in total. The highest BCUT2D eigenvalue weighted by Crippen LogP contribution is 2.42. The summed E-state index contributed by atoms with van der Waals surface area (Å²) in [5.74, 6) is 0.405. The number of esters is 1. The van der Waals surface area contributed by atoms with Crippen LogP contribution in [0.4, 0.5) is 5.13 Å². The van der Waals surface area contributed by atoms with E-state index in [0.717, 1.165) is 15.7 Å². The van der Waals surface area contributed by atoms with Crippen LogP contribution in [0, 0.1) is 0 Å². The maximum atomic E-state index is 12.4. The predicted molar refractivity (Wildman–Crippen MR) is 107 cm³/mol. The molecule has 2 heterocycles. The summed E-state index contributed by atoms with van der Waals surface area (Å²) in [6.07, 6.45) is -0.628. The van der Waals surface area contributed by atoms with Crippen molar-refractivity contribution in [2.24, 2.45) is 0 Å².